The molecule has 1 heterocycles. The largest absolute Gasteiger partial charge is 0.477 e. The van der Waals surface area contributed by atoms with Crippen LogP contribution in [0.2, 0.25) is 0 Å². The van der Waals surface area contributed by atoms with Crippen LogP contribution in [0.3, 0.4) is 0 Å². The molecule has 0 saturated carbocycles. The summed E-state index contributed by atoms with van der Waals surface area (Å²) >= 11 is 0. The van der Waals surface area contributed by atoms with Crippen molar-refractivity contribution in [3.8, 4) is 0 Å². The van der Waals surface area contributed by atoms with Crippen LogP contribution >= 0.6 is 0 Å². The molecule has 0 unspecified atom stereocenters. The number of quaternary nitrogens is 1. The van der Waals surface area contributed by atoms with Gasteiger partial charge in [0.05, 0.1) is 10.3 Å². The van der Waals surface area contributed by atoms with Crippen molar-refractivity contribution in [3.63, 3.8) is 0 Å². The number of H-pyrrole nitrogens is 1. The molecular formula is C2H10N11O2+. The van der Waals surface area contributed by atoms with Crippen LogP contribution in [-0.2, 0) is 0 Å². The number of nitrogens with one attached hydrogen (secondary N) is 2. The lowest BCUT2D eigenvalue weighted by atomic mass is 11.0. The van der Waals surface area contributed by atoms with E-state index >= 15 is 0 Å². The third kappa shape index (κ3) is 5.16. The lowest BCUT2D eigenvalue weighted by Crippen LogP contribution is -2.71. The Morgan fingerprint density at radius 2 is 2.00 bits per heavy atom. The van der Waals surface area contributed by atoms with E-state index in [0.717, 1.165) is 0 Å². The van der Waals surface area contributed by atoms with Gasteiger partial charge in [0, 0.05) is 5.21 Å². The fourth-order valence-corrected chi connectivity index (χ4v) is 0.232. The lowest BCUT2D eigenvalue weighted by molar-refractivity contribution is -0.880. The summed E-state index contributed by atoms with van der Waals surface area (Å²) in [6.45, 7) is 0. The van der Waals surface area contributed by atoms with Gasteiger partial charge in [-0.2, -0.15) is 0 Å². The lowest BCUT2D eigenvalue weighted by Gasteiger charge is -2.14. The number of hydrogen-bond donors (Lipinski definition) is 6. The second-order valence-corrected chi connectivity index (χ2v) is 2.20. The molecule has 1 rings (SSSR count). The summed E-state index contributed by atoms with van der Waals surface area (Å²) in [5.41, 5.74) is 4.75. The van der Waals surface area contributed by atoms with E-state index in [4.69, 9.17) is 28.7 Å². The normalized spacial score (nSPS) is 10.1. The number of aromatic amines is 1. The van der Waals surface area contributed by atoms with E-state index in [2.05, 4.69) is 15.5 Å². The van der Waals surface area contributed by atoms with Crippen molar-refractivity contribution in [2.75, 3.05) is 0 Å². The fraction of sp³-hybridized carbons (Fsp3) is 0. The highest BCUT2D eigenvalue weighted by molar-refractivity contribution is 5.65. The third-order valence-electron chi connectivity index (χ3n) is 0.924. The van der Waals surface area contributed by atoms with Crippen LogP contribution in [0.4, 0.5) is 5.95 Å². The Kier molecular flexibility index (Phi) is 4.14. The van der Waals surface area contributed by atoms with Gasteiger partial charge < -0.3 is 15.8 Å². The number of rotatable bonds is 1. The second-order valence-electron chi connectivity index (χ2n) is 2.20. The van der Waals surface area contributed by atoms with Crippen LogP contribution in [0.25, 0.3) is 0 Å². The van der Waals surface area contributed by atoms with Crippen molar-refractivity contribution in [3.05, 3.63) is 10.1 Å². The van der Waals surface area contributed by atoms with Gasteiger partial charge in [0.2, 0.25) is 0 Å². The molecule has 0 saturated heterocycles. The quantitative estimate of drug-likeness (QED) is 0.0685. The number of hydrogen-bond acceptors (Lipinski definition) is 9. The Labute approximate surface area is 82.2 Å². The molecule has 13 nitrogen and oxygen atoms in total. The average Bonchev–Trinajstić information content (AvgIpc) is 2.54. The Bertz CT molecular complexity index is 321. The van der Waals surface area contributed by atoms with Gasteiger partial charge in [-0.3, -0.25) is 0 Å². The molecule has 0 aliphatic carbocycles. The summed E-state index contributed by atoms with van der Waals surface area (Å²) in [6.07, 6.45) is 0. The van der Waals surface area contributed by atoms with Crippen LogP contribution in [0, 0.1) is 15.5 Å². The van der Waals surface area contributed by atoms with Crippen LogP contribution < -0.4 is 23.3 Å². The van der Waals surface area contributed by atoms with E-state index < -0.39 is 21.6 Å². The van der Waals surface area contributed by atoms with Crippen LogP contribution in [0.1, 0.15) is 0 Å². The first-order chi connectivity index (χ1) is 6.75. The molecule has 84 valence electrons. The molecule has 0 fully saturated rings. The van der Waals surface area contributed by atoms with E-state index in [1.807, 2.05) is 5.10 Å². The molecule has 15 heavy (non-hydrogen) atoms. The minimum absolute atomic E-state index is 0.440. The van der Waals surface area contributed by atoms with Gasteiger partial charge in [0.15, 0.2) is 0 Å². The summed E-state index contributed by atoms with van der Waals surface area (Å²) in [7, 11) is 0. The molecule has 0 spiro atoms. The van der Waals surface area contributed by atoms with Crippen molar-refractivity contribution >= 4 is 11.9 Å². The maximum absolute atomic E-state index is 9.69. The number of tetrazole rings is 1. The maximum Gasteiger partial charge on any atom is 0.477 e. The van der Waals surface area contributed by atoms with Gasteiger partial charge in [-0.05, 0) is 9.73 Å². The van der Waals surface area contributed by atoms with Crippen LogP contribution in [-0.4, -0.2) is 36.3 Å². The highest BCUT2D eigenvalue weighted by Crippen LogP contribution is 1.91. The van der Waals surface area contributed by atoms with Crippen LogP contribution in [0.15, 0.2) is 0 Å². The Balaban J connectivity index is 0.000000265. The predicted molar refractivity (Wildman–Crippen MR) is 45.6 cm³/mol. The molecule has 10 N–H and O–H groups in total. The Morgan fingerprint density at radius 1 is 1.53 bits per heavy atom. The molecule has 0 bridgehead atoms. The van der Waals surface area contributed by atoms with Crippen molar-refractivity contribution in [2.24, 2.45) is 23.3 Å². The van der Waals surface area contributed by atoms with Gasteiger partial charge in [0.25, 0.3) is 0 Å². The summed E-state index contributed by atoms with van der Waals surface area (Å²) in [5, 5.41) is 27.1. The molecular weight excluding hydrogens is 210 g/mol. The molecule has 0 aliphatic heterocycles. The molecule has 0 aliphatic rings. The molecule has 0 aromatic carbocycles. The summed E-state index contributed by atoms with van der Waals surface area (Å²) in [5.74, 6) is 13.5. The number of nitrogens with two attached hydrogens (primary N) is 4. The topological polar surface area (TPSA) is 226 Å². The highest BCUT2D eigenvalue weighted by atomic mass is 16.6. The first-order valence-electron chi connectivity index (χ1n) is 3.22. The standard InChI is InChI=1S/CH9N6.CHN5O2/c2-1(3)7(4,5)6;7-6(8)1-2-4-5-3-1/h4-6H2,(H3,2,3);(H,2,3,4,5)/q+1;. The molecule has 1 aromatic rings. The zero-order valence-electron chi connectivity index (χ0n) is 7.36. The highest BCUT2D eigenvalue weighted by Gasteiger charge is 2.14. The molecule has 13 heteroatoms. The SMILES string of the molecule is N=C(N)[N+](N)(N)N.O=[N+]([O-])c1nnn[nH]1. The van der Waals surface area contributed by atoms with Gasteiger partial charge in [-0.15, -0.1) is 22.6 Å². The average molecular weight is 220 g/mol. The third-order valence-corrected chi connectivity index (χ3v) is 0.924. The monoisotopic (exact) mass is 220 g/mol. The van der Waals surface area contributed by atoms with Gasteiger partial charge >= 0.3 is 11.9 Å². The molecule has 0 amide bonds. The number of nitrogens with zero attached hydrogens (tertiary/aromatic N) is 5. The van der Waals surface area contributed by atoms with E-state index in [1.54, 1.807) is 0 Å². The minimum atomic E-state index is -1.08. The zero-order valence-corrected chi connectivity index (χ0v) is 7.36. The first kappa shape index (κ1) is 12.8. The Hall–Kier alpha value is -2.22. The summed E-state index contributed by atoms with van der Waals surface area (Å²) in [4.78, 5) is 7.90. The van der Waals surface area contributed by atoms with Crippen molar-refractivity contribution < 1.29 is 9.73 Å². The van der Waals surface area contributed by atoms with E-state index in [0.29, 0.717) is 0 Å². The fourth-order valence-electron chi connectivity index (χ4n) is 0.232. The number of guanidine groups is 1. The van der Waals surface area contributed by atoms with E-state index in [1.165, 1.54) is 0 Å². The first-order valence-corrected chi connectivity index (χ1v) is 3.22. The van der Waals surface area contributed by atoms with Crippen molar-refractivity contribution in [1.82, 2.24) is 20.6 Å². The van der Waals surface area contributed by atoms with Crippen molar-refractivity contribution in [2.45, 2.75) is 0 Å². The molecule has 0 atom stereocenters. The smallest absolute Gasteiger partial charge is 0.390 e. The van der Waals surface area contributed by atoms with E-state index in [-0.39, 0.29) is 0 Å². The van der Waals surface area contributed by atoms with E-state index in [9.17, 15) is 10.1 Å². The molecule has 0 radical (unpaired) electrons. The summed E-state index contributed by atoms with van der Waals surface area (Å²) in [6, 6.07) is 0. The van der Waals surface area contributed by atoms with Crippen LogP contribution in [0.5, 0.6) is 0 Å². The van der Waals surface area contributed by atoms with Gasteiger partial charge in [-0.1, -0.05) is 0 Å². The predicted octanol–water partition coefficient (Wildman–Crippen LogP) is -3.57. The number of nitro groups is 1. The second kappa shape index (κ2) is 4.86. The Morgan fingerprint density at radius 3 is 2.13 bits per heavy atom. The summed E-state index contributed by atoms with van der Waals surface area (Å²) < 4.78 is 0. The molecule has 1 aromatic heterocycles. The van der Waals surface area contributed by atoms with Crippen molar-refractivity contribution in [1.29, 1.82) is 5.41 Å². The zero-order chi connectivity index (χ0) is 12.1. The maximum atomic E-state index is 9.69. The number of aromatic nitrogens is 4. The van der Waals surface area contributed by atoms with Gasteiger partial charge in [-0.25, -0.2) is 5.41 Å². The minimum Gasteiger partial charge on any atom is -0.390 e. The van der Waals surface area contributed by atoms with Gasteiger partial charge in [0.1, 0.15) is 0 Å².